The Bertz CT molecular complexity index is 1210. The van der Waals surface area contributed by atoms with Gasteiger partial charge in [-0.3, -0.25) is 9.36 Å². The summed E-state index contributed by atoms with van der Waals surface area (Å²) in [6, 6.07) is 20.8. The van der Waals surface area contributed by atoms with Crippen LogP contribution in [0.4, 0.5) is 5.82 Å². The van der Waals surface area contributed by atoms with Crippen molar-refractivity contribution in [3.05, 3.63) is 88.5 Å². The molecule has 0 bridgehead atoms. The van der Waals surface area contributed by atoms with Gasteiger partial charge in [-0.1, -0.05) is 77.4 Å². The predicted molar refractivity (Wildman–Crippen MR) is 129 cm³/mol. The fourth-order valence-electron chi connectivity index (χ4n) is 3.02. The number of nitrogens with one attached hydrogen (secondary N) is 1. The lowest BCUT2D eigenvalue weighted by Gasteiger charge is -2.14. The van der Waals surface area contributed by atoms with E-state index in [0.29, 0.717) is 33.4 Å². The molecule has 2 aromatic carbocycles. The van der Waals surface area contributed by atoms with Gasteiger partial charge in [-0.05, 0) is 36.8 Å². The van der Waals surface area contributed by atoms with Gasteiger partial charge in [0.25, 0.3) is 0 Å². The van der Waals surface area contributed by atoms with Crippen LogP contribution in [-0.4, -0.2) is 30.9 Å². The summed E-state index contributed by atoms with van der Waals surface area (Å²) in [5, 5.41) is 12.8. The second-order valence-corrected chi connectivity index (χ2v) is 9.12. The third kappa shape index (κ3) is 5.30. The molecule has 0 radical (unpaired) electrons. The minimum atomic E-state index is -0.440. The number of carbonyl (C=O) groups is 1. The molecular weight excluding hydrogens is 465 g/mol. The molecule has 0 spiro atoms. The molecule has 1 N–H and O–H groups in total. The Kier molecular flexibility index (Phi) is 7.09. The number of thioether (sulfide) groups is 1. The molecule has 0 aliphatic carbocycles. The van der Waals surface area contributed by atoms with Crippen LogP contribution in [-0.2, 0) is 11.3 Å². The van der Waals surface area contributed by atoms with Gasteiger partial charge in [-0.15, -0.1) is 10.2 Å². The summed E-state index contributed by atoms with van der Waals surface area (Å²) in [5.41, 5.74) is 1.87. The molecule has 0 saturated carbocycles. The predicted octanol–water partition coefficient (Wildman–Crippen LogP) is 5.81. The lowest BCUT2D eigenvalue weighted by molar-refractivity contribution is -0.115. The highest BCUT2D eigenvalue weighted by atomic mass is 35.5. The zero-order valence-electron chi connectivity index (χ0n) is 17.1. The summed E-state index contributed by atoms with van der Waals surface area (Å²) < 4.78 is 1.98. The fraction of sp³-hybridized carbons (Fsp3) is 0.130. The highest BCUT2D eigenvalue weighted by molar-refractivity contribution is 8.00. The molecule has 0 aliphatic rings. The van der Waals surface area contributed by atoms with E-state index in [2.05, 4.69) is 20.5 Å². The zero-order valence-corrected chi connectivity index (χ0v) is 19.4. The molecule has 0 fully saturated rings. The van der Waals surface area contributed by atoms with Crippen LogP contribution in [0.25, 0.3) is 11.4 Å². The van der Waals surface area contributed by atoms with Crippen molar-refractivity contribution in [3.8, 4) is 11.4 Å². The van der Waals surface area contributed by atoms with Crippen LogP contribution in [0.1, 0.15) is 12.5 Å². The van der Waals surface area contributed by atoms with E-state index >= 15 is 0 Å². The summed E-state index contributed by atoms with van der Waals surface area (Å²) >= 11 is 13.6. The standard InChI is InChI=1S/C23H19Cl2N5OS/c1-15(22(31)27-20-12-11-17(24)13-26-20)32-23-29-28-21(18-9-5-6-10-19(18)25)30(23)14-16-7-3-2-4-8-16/h2-13,15H,14H2,1H3,(H,26,27,31). The summed E-state index contributed by atoms with van der Waals surface area (Å²) in [6.07, 6.45) is 1.49. The highest BCUT2D eigenvalue weighted by Gasteiger charge is 2.22. The van der Waals surface area contributed by atoms with E-state index in [1.54, 1.807) is 12.1 Å². The molecule has 4 aromatic rings. The van der Waals surface area contributed by atoms with E-state index in [1.807, 2.05) is 66.1 Å². The number of nitrogens with zero attached hydrogens (tertiary/aromatic N) is 4. The first-order valence-corrected chi connectivity index (χ1v) is 11.5. The summed E-state index contributed by atoms with van der Waals surface area (Å²) in [5.74, 6) is 0.890. The Morgan fingerprint density at radius 1 is 1.03 bits per heavy atom. The Hall–Kier alpha value is -2.87. The lowest BCUT2D eigenvalue weighted by atomic mass is 10.2. The monoisotopic (exact) mass is 483 g/mol. The molecule has 4 rings (SSSR count). The molecule has 2 heterocycles. The molecule has 162 valence electrons. The molecule has 2 aromatic heterocycles. The van der Waals surface area contributed by atoms with Gasteiger partial charge in [0.2, 0.25) is 5.91 Å². The zero-order chi connectivity index (χ0) is 22.5. The molecule has 1 atom stereocenters. The van der Waals surface area contributed by atoms with E-state index in [0.717, 1.165) is 11.1 Å². The molecule has 1 amide bonds. The molecule has 0 saturated heterocycles. The Balaban J connectivity index is 1.60. The molecule has 9 heteroatoms. The average Bonchev–Trinajstić information content (AvgIpc) is 3.18. The maximum atomic E-state index is 12.7. The number of halogens is 2. The lowest BCUT2D eigenvalue weighted by Crippen LogP contribution is -2.23. The SMILES string of the molecule is CC(Sc1nnc(-c2ccccc2Cl)n1Cc1ccccc1)C(=O)Nc1ccc(Cl)cn1. The van der Waals surface area contributed by atoms with E-state index in [4.69, 9.17) is 23.2 Å². The van der Waals surface area contributed by atoms with Gasteiger partial charge in [0, 0.05) is 11.8 Å². The second kappa shape index (κ2) is 10.2. The molecule has 6 nitrogen and oxygen atoms in total. The van der Waals surface area contributed by atoms with E-state index in [9.17, 15) is 4.79 Å². The average molecular weight is 484 g/mol. The van der Waals surface area contributed by atoms with Crippen molar-refractivity contribution in [2.75, 3.05) is 5.32 Å². The van der Waals surface area contributed by atoms with Crippen molar-refractivity contribution < 1.29 is 4.79 Å². The van der Waals surface area contributed by atoms with Gasteiger partial charge in [-0.25, -0.2) is 4.98 Å². The van der Waals surface area contributed by atoms with Gasteiger partial charge < -0.3 is 5.32 Å². The van der Waals surface area contributed by atoms with Crippen LogP contribution in [0.2, 0.25) is 10.0 Å². The number of aromatic nitrogens is 4. The van der Waals surface area contributed by atoms with Crippen molar-refractivity contribution in [1.29, 1.82) is 0 Å². The summed E-state index contributed by atoms with van der Waals surface area (Å²) in [4.78, 5) is 16.8. The molecular formula is C23H19Cl2N5OS. The van der Waals surface area contributed by atoms with E-state index < -0.39 is 5.25 Å². The smallest absolute Gasteiger partial charge is 0.238 e. The molecule has 1 unspecified atom stereocenters. The number of carbonyl (C=O) groups excluding carboxylic acids is 1. The van der Waals surface area contributed by atoms with Gasteiger partial charge >= 0.3 is 0 Å². The number of anilines is 1. The largest absolute Gasteiger partial charge is 0.310 e. The third-order valence-corrected chi connectivity index (χ3v) is 6.28. The number of pyridine rings is 1. The van der Waals surface area contributed by atoms with Crippen LogP contribution in [0.15, 0.2) is 78.1 Å². The van der Waals surface area contributed by atoms with Crippen molar-refractivity contribution in [2.24, 2.45) is 0 Å². The van der Waals surface area contributed by atoms with Crippen LogP contribution >= 0.6 is 35.0 Å². The summed E-state index contributed by atoms with van der Waals surface area (Å²) in [7, 11) is 0. The topological polar surface area (TPSA) is 72.7 Å². The number of hydrogen-bond acceptors (Lipinski definition) is 5. The normalized spacial score (nSPS) is 11.8. The first kappa shape index (κ1) is 22.3. The van der Waals surface area contributed by atoms with Crippen LogP contribution in [0.3, 0.4) is 0 Å². The van der Waals surface area contributed by atoms with Gasteiger partial charge in [0.05, 0.1) is 21.8 Å². The molecule has 0 aliphatic heterocycles. The van der Waals surface area contributed by atoms with Gasteiger partial charge in [0.1, 0.15) is 5.82 Å². The van der Waals surface area contributed by atoms with Crippen molar-refractivity contribution in [3.63, 3.8) is 0 Å². The number of hydrogen-bond donors (Lipinski definition) is 1. The quantitative estimate of drug-likeness (QED) is 0.335. The maximum Gasteiger partial charge on any atom is 0.238 e. The number of amides is 1. The third-order valence-electron chi connectivity index (χ3n) is 4.65. The first-order valence-electron chi connectivity index (χ1n) is 9.82. The van der Waals surface area contributed by atoms with Crippen LogP contribution in [0, 0.1) is 0 Å². The Labute approximate surface area is 200 Å². The first-order chi connectivity index (χ1) is 15.5. The van der Waals surface area contributed by atoms with E-state index in [1.165, 1.54) is 18.0 Å². The van der Waals surface area contributed by atoms with E-state index in [-0.39, 0.29) is 5.91 Å². The number of rotatable bonds is 7. The summed E-state index contributed by atoms with van der Waals surface area (Å²) in [6.45, 7) is 2.36. The van der Waals surface area contributed by atoms with Crippen molar-refractivity contribution in [2.45, 2.75) is 23.9 Å². The Morgan fingerprint density at radius 3 is 2.50 bits per heavy atom. The van der Waals surface area contributed by atoms with Crippen LogP contribution < -0.4 is 5.32 Å². The highest BCUT2D eigenvalue weighted by Crippen LogP contribution is 2.31. The Morgan fingerprint density at radius 2 is 1.78 bits per heavy atom. The van der Waals surface area contributed by atoms with Crippen molar-refractivity contribution >= 4 is 46.7 Å². The maximum absolute atomic E-state index is 12.7. The van der Waals surface area contributed by atoms with Gasteiger partial charge in [-0.2, -0.15) is 0 Å². The van der Waals surface area contributed by atoms with Gasteiger partial charge in [0.15, 0.2) is 11.0 Å². The minimum Gasteiger partial charge on any atom is -0.310 e. The molecule has 32 heavy (non-hydrogen) atoms. The number of benzene rings is 2. The van der Waals surface area contributed by atoms with Crippen LogP contribution in [0.5, 0.6) is 0 Å². The minimum absolute atomic E-state index is 0.196. The second-order valence-electron chi connectivity index (χ2n) is 6.97. The van der Waals surface area contributed by atoms with Crippen molar-refractivity contribution in [1.82, 2.24) is 19.7 Å². The fourth-order valence-corrected chi connectivity index (χ4v) is 4.20.